The Morgan fingerprint density at radius 2 is 2.21 bits per heavy atom. The molecule has 4 nitrogen and oxygen atoms in total. The number of amides is 2. The van der Waals surface area contributed by atoms with Crippen molar-refractivity contribution in [3.63, 3.8) is 0 Å². The van der Waals surface area contributed by atoms with Crippen molar-refractivity contribution in [1.29, 1.82) is 0 Å². The number of thiophene rings is 1. The van der Waals surface area contributed by atoms with E-state index in [1.165, 1.54) is 10.9 Å². The van der Waals surface area contributed by atoms with Gasteiger partial charge in [0, 0.05) is 36.5 Å². The number of aryl methyl sites for hydroxylation is 1. The maximum Gasteiger partial charge on any atom is 0.256 e. The molecule has 1 aliphatic heterocycles. The number of halogens is 1. The monoisotopic (exact) mass is 346 g/mol. The number of anilines is 1. The van der Waals surface area contributed by atoms with Crippen LogP contribution in [0.15, 0.2) is 29.6 Å². The third kappa shape index (κ3) is 3.33. The molecule has 0 fully saturated rings. The molecular formula is C18H19FN2O2S. The Hall–Kier alpha value is -2.21. The van der Waals surface area contributed by atoms with Crippen molar-refractivity contribution in [2.75, 3.05) is 12.4 Å². The molecule has 6 heteroatoms. The van der Waals surface area contributed by atoms with E-state index < -0.39 is 5.82 Å². The molecule has 1 atom stereocenters. The minimum Gasteiger partial charge on any atom is -0.339 e. The molecule has 0 saturated heterocycles. The third-order valence-electron chi connectivity index (χ3n) is 4.38. The summed E-state index contributed by atoms with van der Waals surface area (Å²) < 4.78 is 14.4. The van der Waals surface area contributed by atoms with Crippen LogP contribution in [0, 0.1) is 5.82 Å². The van der Waals surface area contributed by atoms with Gasteiger partial charge in [-0.2, -0.15) is 0 Å². The molecule has 2 aromatic rings. The van der Waals surface area contributed by atoms with Crippen molar-refractivity contribution in [2.45, 2.75) is 32.2 Å². The second-order valence-electron chi connectivity index (χ2n) is 6.09. The fraction of sp³-hybridized carbons (Fsp3) is 0.333. The Morgan fingerprint density at radius 1 is 1.42 bits per heavy atom. The highest BCUT2D eigenvalue weighted by Crippen LogP contribution is 2.27. The second kappa shape index (κ2) is 6.73. The summed E-state index contributed by atoms with van der Waals surface area (Å²) in [6.45, 7) is 1.95. The number of nitrogens with one attached hydrogen (secondary N) is 1. The lowest BCUT2D eigenvalue weighted by Crippen LogP contribution is -2.37. The number of fused-ring (bicyclic) bond motifs is 1. The number of carbonyl (C=O) groups is 2. The van der Waals surface area contributed by atoms with Crippen LogP contribution in [0.3, 0.4) is 0 Å². The molecule has 1 N–H and O–H groups in total. The summed E-state index contributed by atoms with van der Waals surface area (Å²) in [5.41, 5.74) is 1.33. The highest BCUT2D eigenvalue weighted by atomic mass is 32.1. The Kier molecular flexibility index (Phi) is 4.66. The maximum absolute atomic E-state index is 14.4. The van der Waals surface area contributed by atoms with Gasteiger partial charge in [-0.1, -0.05) is 6.07 Å². The molecule has 1 aromatic heterocycles. The van der Waals surface area contributed by atoms with E-state index in [1.54, 1.807) is 29.4 Å². The number of hydrogen-bond donors (Lipinski definition) is 1. The first kappa shape index (κ1) is 16.6. The molecule has 0 aliphatic carbocycles. The van der Waals surface area contributed by atoms with Crippen LogP contribution < -0.4 is 5.32 Å². The highest BCUT2D eigenvalue weighted by Gasteiger charge is 2.24. The van der Waals surface area contributed by atoms with Gasteiger partial charge in [0.15, 0.2) is 0 Å². The molecule has 0 radical (unpaired) electrons. The van der Waals surface area contributed by atoms with Gasteiger partial charge in [-0.15, -0.1) is 11.3 Å². The minimum atomic E-state index is -0.601. The van der Waals surface area contributed by atoms with Crippen molar-refractivity contribution >= 4 is 28.8 Å². The normalized spacial score (nSPS) is 14.7. The van der Waals surface area contributed by atoms with Crippen LogP contribution in [0.2, 0.25) is 0 Å². The fourth-order valence-electron chi connectivity index (χ4n) is 2.81. The molecule has 1 aliphatic rings. The zero-order valence-electron chi connectivity index (χ0n) is 13.6. The number of rotatable bonds is 4. The number of likely N-dealkylation sites (N-methyl/N-ethyl adjacent to an activating group) is 1. The van der Waals surface area contributed by atoms with E-state index in [4.69, 9.17) is 0 Å². The smallest absolute Gasteiger partial charge is 0.256 e. The van der Waals surface area contributed by atoms with E-state index in [0.717, 1.165) is 12.0 Å². The lowest BCUT2D eigenvalue weighted by Gasteiger charge is -2.26. The first-order valence-corrected chi connectivity index (χ1v) is 8.75. The molecule has 2 heterocycles. The molecule has 1 aromatic carbocycles. The number of hydrogen-bond acceptors (Lipinski definition) is 3. The zero-order chi connectivity index (χ0) is 17.3. The first-order chi connectivity index (χ1) is 11.5. The van der Waals surface area contributed by atoms with Gasteiger partial charge in [0.05, 0.1) is 5.56 Å². The van der Waals surface area contributed by atoms with Crippen LogP contribution >= 0.6 is 11.3 Å². The molecule has 126 valence electrons. The van der Waals surface area contributed by atoms with E-state index in [1.807, 2.05) is 24.4 Å². The summed E-state index contributed by atoms with van der Waals surface area (Å²) in [7, 11) is 1.70. The molecule has 1 unspecified atom stereocenters. The van der Waals surface area contributed by atoms with Crippen molar-refractivity contribution in [2.24, 2.45) is 0 Å². The van der Waals surface area contributed by atoms with Gasteiger partial charge in [0.2, 0.25) is 5.91 Å². The van der Waals surface area contributed by atoms with E-state index in [9.17, 15) is 14.0 Å². The van der Waals surface area contributed by atoms with Crippen LogP contribution in [0.5, 0.6) is 0 Å². The van der Waals surface area contributed by atoms with Gasteiger partial charge < -0.3 is 10.2 Å². The summed E-state index contributed by atoms with van der Waals surface area (Å²) in [5.74, 6) is -1.06. The summed E-state index contributed by atoms with van der Waals surface area (Å²) >= 11 is 1.65. The predicted molar refractivity (Wildman–Crippen MR) is 92.9 cm³/mol. The van der Waals surface area contributed by atoms with E-state index >= 15 is 0 Å². The largest absolute Gasteiger partial charge is 0.339 e. The van der Waals surface area contributed by atoms with Crippen LogP contribution in [-0.2, 0) is 17.6 Å². The van der Waals surface area contributed by atoms with Gasteiger partial charge in [-0.3, -0.25) is 9.59 Å². The van der Waals surface area contributed by atoms with Gasteiger partial charge in [0.25, 0.3) is 5.91 Å². The zero-order valence-corrected chi connectivity index (χ0v) is 14.5. The molecule has 0 spiro atoms. The van der Waals surface area contributed by atoms with Gasteiger partial charge in [-0.05, 0) is 42.5 Å². The number of nitrogens with zero attached hydrogens (tertiary/aromatic N) is 1. The van der Waals surface area contributed by atoms with Crippen LogP contribution in [0.25, 0.3) is 0 Å². The minimum absolute atomic E-state index is 0.0358. The maximum atomic E-state index is 14.4. The van der Waals surface area contributed by atoms with Crippen molar-refractivity contribution in [3.05, 3.63) is 51.5 Å². The van der Waals surface area contributed by atoms with Gasteiger partial charge in [0.1, 0.15) is 5.82 Å². The van der Waals surface area contributed by atoms with E-state index in [2.05, 4.69) is 5.32 Å². The molecule has 0 saturated carbocycles. The molecule has 0 bridgehead atoms. The van der Waals surface area contributed by atoms with E-state index in [0.29, 0.717) is 18.5 Å². The second-order valence-corrected chi connectivity index (χ2v) is 7.12. The lowest BCUT2D eigenvalue weighted by atomic mass is 9.99. The molecule has 2 amide bonds. The topological polar surface area (TPSA) is 49.4 Å². The quantitative estimate of drug-likeness (QED) is 0.921. The van der Waals surface area contributed by atoms with Gasteiger partial charge >= 0.3 is 0 Å². The first-order valence-electron chi connectivity index (χ1n) is 7.87. The Morgan fingerprint density at radius 3 is 2.92 bits per heavy atom. The third-order valence-corrected chi connectivity index (χ3v) is 5.28. The van der Waals surface area contributed by atoms with Crippen molar-refractivity contribution in [3.8, 4) is 0 Å². The standard InChI is InChI=1S/C18H19FN2O2S/c1-11(8-13-4-3-7-24-13)21(2)18(23)14-9-12-5-6-17(22)20-16(12)10-15(14)19/h3-4,7,9-11H,5-6,8H2,1-2H3,(H,20,22). The lowest BCUT2D eigenvalue weighted by molar-refractivity contribution is -0.116. The Balaban J connectivity index is 1.80. The van der Waals surface area contributed by atoms with Crippen molar-refractivity contribution < 1.29 is 14.0 Å². The van der Waals surface area contributed by atoms with Crippen LogP contribution in [0.4, 0.5) is 10.1 Å². The number of benzene rings is 1. The Labute approximate surface area is 144 Å². The molecule has 3 rings (SSSR count). The average Bonchev–Trinajstić information content (AvgIpc) is 3.05. The van der Waals surface area contributed by atoms with Crippen molar-refractivity contribution in [1.82, 2.24) is 4.90 Å². The highest BCUT2D eigenvalue weighted by molar-refractivity contribution is 7.09. The molecule has 24 heavy (non-hydrogen) atoms. The van der Waals surface area contributed by atoms with Gasteiger partial charge in [-0.25, -0.2) is 4.39 Å². The van der Waals surface area contributed by atoms with Crippen LogP contribution in [0.1, 0.15) is 34.1 Å². The summed E-state index contributed by atoms with van der Waals surface area (Å²) in [5, 5.41) is 4.65. The predicted octanol–water partition coefficient (Wildman–Crippen LogP) is 3.48. The van der Waals surface area contributed by atoms with Crippen LogP contribution in [-0.4, -0.2) is 29.8 Å². The number of carbonyl (C=O) groups excluding carboxylic acids is 2. The molecular weight excluding hydrogens is 327 g/mol. The Bertz CT molecular complexity index is 774. The SMILES string of the molecule is CC(Cc1cccs1)N(C)C(=O)c1cc2c(cc1F)NC(=O)CC2. The van der Waals surface area contributed by atoms with E-state index in [-0.39, 0.29) is 23.4 Å². The fourth-order valence-corrected chi connectivity index (χ4v) is 3.64. The summed E-state index contributed by atoms with van der Waals surface area (Å²) in [6, 6.07) is 6.79. The average molecular weight is 346 g/mol. The summed E-state index contributed by atoms with van der Waals surface area (Å²) in [4.78, 5) is 26.9. The summed E-state index contributed by atoms with van der Waals surface area (Å²) in [6.07, 6.45) is 1.62.